The number of morpholine rings is 1. The van der Waals surface area contributed by atoms with Crippen molar-refractivity contribution >= 4 is 5.91 Å². The van der Waals surface area contributed by atoms with Gasteiger partial charge in [0, 0.05) is 32.7 Å². The molecule has 6 heteroatoms. The maximum absolute atomic E-state index is 12.8. The molecule has 0 aliphatic carbocycles. The Hall–Kier alpha value is -1.37. The first-order chi connectivity index (χ1) is 11.6. The standard InChI is InChI=1S/C18H29N3O3/c1-14-5-6-17(24-14)15(2)19-16-4-3-7-21(18(16)22)9-8-20-10-12-23-13-11-20/h5-6,15-16,19H,3-4,7-13H2,1-2H3/t15-,16-/m1/s1. The number of hydrogen-bond acceptors (Lipinski definition) is 5. The highest BCUT2D eigenvalue weighted by Gasteiger charge is 2.30. The summed E-state index contributed by atoms with van der Waals surface area (Å²) >= 11 is 0. The molecule has 2 aliphatic rings. The van der Waals surface area contributed by atoms with Crippen LogP contribution in [-0.4, -0.2) is 67.7 Å². The molecule has 2 saturated heterocycles. The van der Waals surface area contributed by atoms with Crippen molar-refractivity contribution in [3.05, 3.63) is 23.7 Å². The molecule has 134 valence electrons. The molecule has 0 bridgehead atoms. The topological polar surface area (TPSA) is 58.0 Å². The molecule has 0 aromatic carbocycles. The third-order valence-corrected chi connectivity index (χ3v) is 4.96. The second-order valence-electron chi connectivity index (χ2n) is 6.81. The van der Waals surface area contributed by atoms with Crippen LogP contribution in [-0.2, 0) is 9.53 Å². The van der Waals surface area contributed by atoms with Gasteiger partial charge in [0.15, 0.2) is 0 Å². The Bertz CT molecular complexity index is 539. The minimum Gasteiger partial charge on any atom is -0.465 e. The molecule has 3 heterocycles. The van der Waals surface area contributed by atoms with E-state index in [4.69, 9.17) is 9.15 Å². The number of nitrogens with zero attached hydrogens (tertiary/aromatic N) is 2. The second-order valence-corrected chi connectivity index (χ2v) is 6.81. The quantitative estimate of drug-likeness (QED) is 0.855. The van der Waals surface area contributed by atoms with Crippen LogP contribution >= 0.6 is 0 Å². The maximum Gasteiger partial charge on any atom is 0.239 e. The predicted molar refractivity (Wildman–Crippen MR) is 91.9 cm³/mol. The molecule has 1 amide bonds. The van der Waals surface area contributed by atoms with Crippen LogP contribution in [0.25, 0.3) is 0 Å². The Labute approximate surface area is 144 Å². The van der Waals surface area contributed by atoms with E-state index in [1.807, 2.05) is 24.0 Å². The molecule has 24 heavy (non-hydrogen) atoms. The number of hydrogen-bond donors (Lipinski definition) is 1. The first-order valence-corrected chi connectivity index (χ1v) is 9.05. The van der Waals surface area contributed by atoms with Crippen molar-refractivity contribution in [2.24, 2.45) is 0 Å². The third-order valence-electron chi connectivity index (χ3n) is 4.96. The molecule has 0 unspecified atom stereocenters. The molecule has 1 aromatic rings. The van der Waals surface area contributed by atoms with E-state index in [-0.39, 0.29) is 18.0 Å². The van der Waals surface area contributed by atoms with E-state index in [9.17, 15) is 4.79 Å². The summed E-state index contributed by atoms with van der Waals surface area (Å²) in [5.41, 5.74) is 0. The van der Waals surface area contributed by atoms with Gasteiger partial charge in [-0.05, 0) is 38.8 Å². The van der Waals surface area contributed by atoms with E-state index < -0.39 is 0 Å². The molecule has 2 fully saturated rings. The van der Waals surface area contributed by atoms with E-state index in [1.165, 1.54) is 0 Å². The molecule has 0 spiro atoms. The predicted octanol–water partition coefficient (Wildman–Crippen LogP) is 1.56. The fourth-order valence-corrected chi connectivity index (χ4v) is 3.47. The zero-order valence-electron chi connectivity index (χ0n) is 14.8. The Morgan fingerprint density at radius 2 is 2.04 bits per heavy atom. The Morgan fingerprint density at radius 3 is 2.75 bits per heavy atom. The normalized spacial score (nSPS) is 24.3. The molecular formula is C18H29N3O3. The van der Waals surface area contributed by atoms with Gasteiger partial charge in [-0.1, -0.05) is 0 Å². The highest BCUT2D eigenvalue weighted by Crippen LogP contribution is 2.19. The number of nitrogens with one attached hydrogen (secondary N) is 1. The van der Waals surface area contributed by atoms with Crippen molar-refractivity contribution in [2.45, 2.75) is 38.8 Å². The minimum atomic E-state index is -0.108. The van der Waals surface area contributed by atoms with Gasteiger partial charge in [-0.15, -0.1) is 0 Å². The van der Waals surface area contributed by atoms with Crippen molar-refractivity contribution in [1.82, 2.24) is 15.1 Å². The van der Waals surface area contributed by atoms with Gasteiger partial charge in [-0.25, -0.2) is 0 Å². The second kappa shape index (κ2) is 8.14. The SMILES string of the molecule is Cc1ccc([C@@H](C)N[C@@H]2CCCN(CCN3CCOCC3)C2=O)o1. The summed E-state index contributed by atoms with van der Waals surface area (Å²) in [6.45, 7) is 10.2. The maximum atomic E-state index is 12.8. The van der Waals surface area contributed by atoms with Crippen LogP contribution in [0.1, 0.15) is 37.3 Å². The van der Waals surface area contributed by atoms with Crippen LogP contribution in [0.5, 0.6) is 0 Å². The van der Waals surface area contributed by atoms with Crippen LogP contribution in [0.15, 0.2) is 16.5 Å². The van der Waals surface area contributed by atoms with Gasteiger partial charge in [-0.2, -0.15) is 0 Å². The average Bonchev–Trinajstić information content (AvgIpc) is 3.03. The summed E-state index contributed by atoms with van der Waals surface area (Å²) in [5.74, 6) is 2.02. The van der Waals surface area contributed by atoms with E-state index >= 15 is 0 Å². The zero-order valence-corrected chi connectivity index (χ0v) is 14.8. The number of carbonyl (C=O) groups is 1. The summed E-state index contributed by atoms with van der Waals surface area (Å²) in [5, 5.41) is 3.45. The van der Waals surface area contributed by atoms with Gasteiger partial charge < -0.3 is 14.1 Å². The first kappa shape index (κ1) is 17.5. The molecule has 3 rings (SSSR count). The van der Waals surface area contributed by atoms with Gasteiger partial charge in [0.25, 0.3) is 0 Å². The van der Waals surface area contributed by atoms with Crippen molar-refractivity contribution < 1.29 is 13.9 Å². The molecular weight excluding hydrogens is 306 g/mol. The lowest BCUT2D eigenvalue weighted by Gasteiger charge is -2.36. The summed E-state index contributed by atoms with van der Waals surface area (Å²) in [7, 11) is 0. The Kier molecular flexibility index (Phi) is 5.92. The Morgan fingerprint density at radius 1 is 1.25 bits per heavy atom. The fraction of sp³-hybridized carbons (Fsp3) is 0.722. The summed E-state index contributed by atoms with van der Waals surface area (Å²) in [6, 6.07) is 3.89. The van der Waals surface area contributed by atoms with Crippen LogP contribution in [0.2, 0.25) is 0 Å². The van der Waals surface area contributed by atoms with E-state index in [0.29, 0.717) is 0 Å². The van der Waals surface area contributed by atoms with Crippen molar-refractivity contribution in [3.63, 3.8) is 0 Å². The van der Waals surface area contributed by atoms with Crippen LogP contribution in [0.3, 0.4) is 0 Å². The number of carbonyl (C=O) groups excluding carboxylic acids is 1. The number of likely N-dealkylation sites (tertiary alicyclic amines) is 1. The number of aryl methyl sites for hydroxylation is 1. The highest BCUT2D eigenvalue weighted by atomic mass is 16.5. The summed E-state index contributed by atoms with van der Waals surface area (Å²) < 4.78 is 11.0. The number of piperidine rings is 1. The molecule has 0 saturated carbocycles. The molecule has 6 nitrogen and oxygen atoms in total. The monoisotopic (exact) mass is 335 g/mol. The number of amides is 1. The lowest BCUT2D eigenvalue weighted by molar-refractivity contribution is -0.136. The molecule has 1 N–H and O–H groups in total. The van der Waals surface area contributed by atoms with Crippen molar-refractivity contribution in [2.75, 3.05) is 45.9 Å². The van der Waals surface area contributed by atoms with E-state index in [0.717, 1.165) is 70.3 Å². The lowest BCUT2D eigenvalue weighted by Crippen LogP contribution is -2.53. The average molecular weight is 335 g/mol. The number of ether oxygens (including phenoxy) is 1. The lowest BCUT2D eigenvalue weighted by atomic mass is 10.0. The molecule has 2 atom stereocenters. The summed E-state index contributed by atoms with van der Waals surface area (Å²) in [4.78, 5) is 17.1. The van der Waals surface area contributed by atoms with Gasteiger partial charge in [0.05, 0.1) is 25.3 Å². The van der Waals surface area contributed by atoms with Crippen LogP contribution < -0.4 is 5.32 Å². The van der Waals surface area contributed by atoms with Gasteiger partial charge in [0.1, 0.15) is 11.5 Å². The largest absolute Gasteiger partial charge is 0.465 e. The van der Waals surface area contributed by atoms with Crippen LogP contribution in [0.4, 0.5) is 0 Å². The molecule has 2 aliphatic heterocycles. The third kappa shape index (κ3) is 4.37. The van der Waals surface area contributed by atoms with Gasteiger partial charge in [0.2, 0.25) is 5.91 Å². The van der Waals surface area contributed by atoms with Gasteiger partial charge >= 0.3 is 0 Å². The van der Waals surface area contributed by atoms with Crippen molar-refractivity contribution in [1.29, 1.82) is 0 Å². The first-order valence-electron chi connectivity index (χ1n) is 9.05. The fourth-order valence-electron chi connectivity index (χ4n) is 3.47. The zero-order chi connectivity index (χ0) is 16.9. The smallest absolute Gasteiger partial charge is 0.239 e. The minimum absolute atomic E-state index is 0.0480. The molecule has 0 radical (unpaired) electrons. The number of rotatable bonds is 6. The highest BCUT2D eigenvalue weighted by molar-refractivity contribution is 5.82. The van der Waals surface area contributed by atoms with E-state index in [2.05, 4.69) is 17.1 Å². The van der Waals surface area contributed by atoms with E-state index in [1.54, 1.807) is 0 Å². The van der Waals surface area contributed by atoms with Gasteiger partial charge in [-0.3, -0.25) is 15.0 Å². The molecule has 1 aromatic heterocycles. The number of furan rings is 1. The van der Waals surface area contributed by atoms with Crippen molar-refractivity contribution in [3.8, 4) is 0 Å². The summed E-state index contributed by atoms with van der Waals surface area (Å²) in [6.07, 6.45) is 1.95. The Balaban J connectivity index is 1.50. The van der Waals surface area contributed by atoms with Crippen LogP contribution in [0, 0.1) is 6.92 Å².